The number of nitrogens with zero attached hydrogens (tertiary/aromatic N) is 5. The number of carbonyl (C=O) groups is 1. The van der Waals surface area contributed by atoms with E-state index in [1.165, 1.54) is 6.07 Å². The molecule has 1 atom stereocenters. The predicted octanol–water partition coefficient (Wildman–Crippen LogP) is 6.05. The first-order chi connectivity index (χ1) is 21.6. The molecule has 0 N–H and O–H groups in total. The van der Waals surface area contributed by atoms with Gasteiger partial charge < -0.3 is 18.8 Å². The number of benzene rings is 2. The number of carbonyl (C=O) groups excluding carboxylic acids is 1. The van der Waals surface area contributed by atoms with Crippen LogP contribution in [0.4, 0.5) is 4.39 Å². The molecule has 0 amide bonds. The molecule has 6 rings (SSSR count). The Morgan fingerprint density at radius 3 is 2.69 bits per heavy atom. The van der Waals surface area contributed by atoms with Gasteiger partial charge in [0.15, 0.2) is 0 Å². The van der Waals surface area contributed by atoms with Crippen LogP contribution in [0.2, 0.25) is 0 Å². The molecule has 1 saturated heterocycles. The standard InChI is InChI=1S/C35H36FN5O4/c1-35(2,3)45-34(42)25-9-10-30-31(18-25)41(20-27-13-16-43-27)32(38-30)21-40-14-11-24(12-15-40)29-5-4-6-33(39-29)44-22-26-8-7-23(19-37)17-28(26)36/h4-11,17-18,27H,12-16,20-22H2,1-3H3/t27-/m0/s1. The van der Waals surface area contributed by atoms with Gasteiger partial charge in [0.1, 0.15) is 23.8 Å². The van der Waals surface area contributed by atoms with Crippen molar-refractivity contribution in [1.29, 1.82) is 5.26 Å². The Hall–Kier alpha value is -4.59. The molecule has 2 aromatic heterocycles. The highest BCUT2D eigenvalue weighted by atomic mass is 19.1. The highest BCUT2D eigenvalue weighted by Crippen LogP contribution is 2.27. The largest absolute Gasteiger partial charge is 0.473 e. The highest BCUT2D eigenvalue weighted by Gasteiger charge is 2.25. The number of imidazole rings is 1. The van der Waals surface area contributed by atoms with Crippen LogP contribution in [0.25, 0.3) is 16.6 Å². The number of rotatable bonds is 9. The highest BCUT2D eigenvalue weighted by molar-refractivity contribution is 5.94. The molecule has 9 nitrogen and oxygen atoms in total. The number of aromatic nitrogens is 3. The van der Waals surface area contributed by atoms with Crippen LogP contribution in [0, 0.1) is 17.1 Å². The third-order valence-electron chi connectivity index (χ3n) is 7.91. The van der Waals surface area contributed by atoms with Crippen LogP contribution in [0.3, 0.4) is 0 Å². The number of esters is 1. The Balaban J connectivity index is 1.15. The summed E-state index contributed by atoms with van der Waals surface area (Å²) in [4.78, 5) is 24.8. The van der Waals surface area contributed by atoms with E-state index in [2.05, 4.69) is 20.5 Å². The Kier molecular flexibility index (Phi) is 8.65. The third-order valence-corrected chi connectivity index (χ3v) is 7.91. The summed E-state index contributed by atoms with van der Waals surface area (Å²) < 4.78 is 33.6. The summed E-state index contributed by atoms with van der Waals surface area (Å²) in [6.07, 6.45) is 4.11. The number of fused-ring (bicyclic) bond motifs is 1. The molecular weight excluding hydrogens is 573 g/mol. The van der Waals surface area contributed by atoms with Crippen LogP contribution < -0.4 is 4.74 Å². The fraction of sp³-hybridized carbons (Fsp3) is 0.371. The van der Waals surface area contributed by atoms with Crippen molar-refractivity contribution in [3.63, 3.8) is 0 Å². The maximum Gasteiger partial charge on any atom is 0.338 e. The van der Waals surface area contributed by atoms with Crippen LogP contribution in [-0.2, 0) is 29.2 Å². The average molecular weight is 610 g/mol. The van der Waals surface area contributed by atoms with Crippen LogP contribution in [-0.4, -0.2) is 56.8 Å². The molecular formula is C35H36FN5O4. The summed E-state index contributed by atoms with van der Waals surface area (Å²) in [7, 11) is 0. The fourth-order valence-electron chi connectivity index (χ4n) is 5.44. The van der Waals surface area contributed by atoms with Crippen LogP contribution >= 0.6 is 0 Å². The molecule has 4 aromatic rings. The Morgan fingerprint density at radius 2 is 2.00 bits per heavy atom. The second-order valence-corrected chi connectivity index (χ2v) is 12.4. The van der Waals surface area contributed by atoms with Crippen molar-refractivity contribution in [2.24, 2.45) is 0 Å². The molecule has 0 radical (unpaired) electrons. The smallest absolute Gasteiger partial charge is 0.338 e. The summed E-state index contributed by atoms with van der Waals surface area (Å²) in [5.41, 5.74) is 4.26. The predicted molar refractivity (Wildman–Crippen MR) is 167 cm³/mol. The van der Waals surface area contributed by atoms with Gasteiger partial charge in [-0.05, 0) is 75.6 Å². The minimum absolute atomic E-state index is 0.0208. The van der Waals surface area contributed by atoms with E-state index in [4.69, 9.17) is 24.5 Å². The number of pyridine rings is 1. The molecule has 0 unspecified atom stereocenters. The van der Waals surface area contributed by atoms with Gasteiger partial charge in [0.2, 0.25) is 5.88 Å². The van der Waals surface area contributed by atoms with Gasteiger partial charge in [-0.3, -0.25) is 4.90 Å². The summed E-state index contributed by atoms with van der Waals surface area (Å²) >= 11 is 0. The van der Waals surface area contributed by atoms with E-state index in [-0.39, 0.29) is 24.2 Å². The molecule has 2 aliphatic heterocycles. The summed E-state index contributed by atoms with van der Waals surface area (Å²) in [5.74, 6) is 0.522. The second-order valence-electron chi connectivity index (χ2n) is 12.4. The first-order valence-corrected chi connectivity index (χ1v) is 15.2. The van der Waals surface area contributed by atoms with Crippen molar-refractivity contribution in [1.82, 2.24) is 19.4 Å². The third kappa shape index (κ3) is 7.22. The second kappa shape index (κ2) is 12.8. The molecule has 0 saturated carbocycles. The molecule has 0 bridgehead atoms. The van der Waals surface area contributed by atoms with E-state index in [1.807, 2.05) is 51.1 Å². The number of hydrogen-bond donors (Lipinski definition) is 0. The van der Waals surface area contributed by atoms with Crippen LogP contribution in [0.15, 0.2) is 60.7 Å². The van der Waals surface area contributed by atoms with Crippen molar-refractivity contribution >= 4 is 22.6 Å². The minimum atomic E-state index is -0.576. The van der Waals surface area contributed by atoms with E-state index in [9.17, 15) is 9.18 Å². The van der Waals surface area contributed by atoms with Crippen molar-refractivity contribution < 1.29 is 23.4 Å². The van der Waals surface area contributed by atoms with Crippen molar-refractivity contribution in [2.45, 2.75) is 65.0 Å². The SMILES string of the molecule is CC(C)(C)OC(=O)c1ccc2nc(CN3CC=C(c4cccc(OCc5ccc(C#N)cc5F)n4)CC3)n(C[C@@H]3CCO3)c2c1. The van der Waals surface area contributed by atoms with Gasteiger partial charge in [0.05, 0.1) is 53.1 Å². The number of nitriles is 1. The van der Waals surface area contributed by atoms with Gasteiger partial charge in [0.25, 0.3) is 0 Å². The quantitative estimate of drug-likeness (QED) is 0.211. The van der Waals surface area contributed by atoms with E-state index in [0.29, 0.717) is 30.1 Å². The maximum absolute atomic E-state index is 14.3. The molecule has 2 aromatic carbocycles. The van der Waals surface area contributed by atoms with E-state index in [1.54, 1.807) is 24.3 Å². The monoisotopic (exact) mass is 609 g/mol. The molecule has 4 heterocycles. The topological polar surface area (TPSA) is 102 Å². The lowest BCUT2D eigenvalue weighted by molar-refractivity contribution is -0.0591. The van der Waals surface area contributed by atoms with Gasteiger partial charge in [0, 0.05) is 31.3 Å². The molecule has 2 aliphatic rings. The Morgan fingerprint density at radius 1 is 1.16 bits per heavy atom. The minimum Gasteiger partial charge on any atom is -0.473 e. The van der Waals surface area contributed by atoms with E-state index >= 15 is 0 Å². The van der Waals surface area contributed by atoms with Gasteiger partial charge in [-0.25, -0.2) is 19.2 Å². The molecule has 232 valence electrons. The van der Waals surface area contributed by atoms with Gasteiger partial charge in [-0.1, -0.05) is 18.2 Å². The van der Waals surface area contributed by atoms with Crippen molar-refractivity contribution in [3.8, 4) is 11.9 Å². The molecule has 45 heavy (non-hydrogen) atoms. The number of halogens is 1. The first kappa shape index (κ1) is 30.4. The van der Waals surface area contributed by atoms with E-state index < -0.39 is 11.4 Å². The van der Waals surface area contributed by atoms with Crippen LogP contribution in [0.5, 0.6) is 5.88 Å². The Bertz CT molecular complexity index is 1800. The summed E-state index contributed by atoms with van der Waals surface area (Å²) in [6.45, 7) is 9.25. The lowest BCUT2D eigenvalue weighted by Crippen LogP contribution is -2.33. The summed E-state index contributed by atoms with van der Waals surface area (Å²) in [5, 5.41) is 8.96. The van der Waals surface area contributed by atoms with Gasteiger partial charge in [-0.2, -0.15) is 5.26 Å². The van der Waals surface area contributed by atoms with Crippen molar-refractivity contribution in [2.75, 3.05) is 19.7 Å². The molecule has 0 spiro atoms. The zero-order valence-electron chi connectivity index (χ0n) is 25.8. The normalized spacial score (nSPS) is 17.0. The number of hydrogen-bond acceptors (Lipinski definition) is 8. The average Bonchev–Trinajstić information content (AvgIpc) is 3.33. The zero-order valence-corrected chi connectivity index (χ0v) is 25.8. The van der Waals surface area contributed by atoms with E-state index in [0.717, 1.165) is 60.7 Å². The van der Waals surface area contributed by atoms with Gasteiger partial charge in [-0.15, -0.1) is 0 Å². The summed E-state index contributed by atoms with van der Waals surface area (Å²) in [6, 6.07) is 17.4. The lowest BCUT2D eigenvalue weighted by Gasteiger charge is -2.29. The van der Waals surface area contributed by atoms with Crippen LogP contribution in [0.1, 0.15) is 66.6 Å². The Labute approximate surface area is 261 Å². The zero-order chi connectivity index (χ0) is 31.6. The maximum atomic E-state index is 14.3. The molecule has 1 fully saturated rings. The molecule has 10 heteroatoms. The van der Waals surface area contributed by atoms with Gasteiger partial charge >= 0.3 is 5.97 Å². The number of ether oxygens (including phenoxy) is 3. The van der Waals surface area contributed by atoms with Crippen molar-refractivity contribution in [3.05, 3.63) is 94.7 Å². The first-order valence-electron chi connectivity index (χ1n) is 15.2. The lowest BCUT2D eigenvalue weighted by atomic mass is 10.0. The fourth-order valence-corrected chi connectivity index (χ4v) is 5.44. The molecule has 0 aliphatic carbocycles.